The van der Waals surface area contributed by atoms with Gasteiger partial charge in [-0.2, -0.15) is 5.26 Å². The van der Waals surface area contributed by atoms with Crippen molar-refractivity contribution in [2.45, 2.75) is 335 Å². The lowest BCUT2D eigenvalue weighted by Gasteiger charge is -2.28. The third-order valence-electron chi connectivity index (χ3n) is 14.0. The number of aliphatic hydroxyl groups excluding tert-OH is 1. The van der Waals surface area contributed by atoms with Crippen molar-refractivity contribution in [3.8, 4) is 6.07 Å². The Morgan fingerprint density at radius 3 is 1.14 bits per heavy atom. The van der Waals surface area contributed by atoms with Gasteiger partial charge in [0.05, 0.1) is 44.4 Å². The van der Waals surface area contributed by atoms with Gasteiger partial charge in [-0.1, -0.05) is 113 Å². The summed E-state index contributed by atoms with van der Waals surface area (Å²) in [7, 11) is 0. The number of benzene rings is 1. The number of nitrogens with one attached hydrogen (secondary N) is 1. The maximum Gasteiger partial charge on any atom is 0.270 e. The van der Waals surface area contributed by atoms with Crippen LogP contribution in [0.25, 0.3) is 4.85 Å². The van der Waals surface area contributed by atoms with Gasteiger partial charge in [-0.3, -0.25) is 34.7 Å². The highest BCUT2D eigenvalue weighted by molar-refractivity contribution is 5.57. The summed E-state index contributed by atoms with van der Waals surface area (Å²) in [6.45, 7) is 94.7. The second-order valence-electron chi connectivity index (χ2n) is 31.5. The molecule has 0 amide bonds. The van der Waals surface area contributed by atoms with Crippen molar-refractivity contribution in [2.24, 2.45) is 66.2 Å². The molecule has 0 aliphatic heterocycles. The minimum atomic E-state index is 0.183. The average Bonchev–Trinajstić information content (AvgIpc) is 1.08. The van der Waals surface area contributed by atoms with Crippen LogP contribution in [0, 0.1) is 53.4 Å². The molecule has 0 radical (unpaired) electrons. The second-order valence-corrected chi connectivity index (χ2v) is 31.5. The highest BCUT2D eigenvalue weighted by Crippen LogP contribution is 2.11. The maximum atomic E-state index is 8.75. The van der Waals surface area contributed by atoms with E-state index in [9.17, 15) is 0 Å². The van der Waals surface area contributed by atoms with Crippen LogP contribution >= 0.6 is 0 Å². The number of nitrogens with zero attached hydrogens (tertiary/aromatic N) is 14. The maximum absolute atomic E-state index is 8.75. The molecule has 0 aliphatic carbocycles. The Morgan fingerprint density at radius 1 is 0.465 bits per heavy atom. The number of aliphatic imine (C=N–C) groups is 5. The van der Waals surface area contributed by atoms with Gasteiger partial charge in [0, 0.05) is 119 Å². The average molecular weight is 1400 g/mol. The minimum absolute atomic E-state index is 0.183. The van der Waals surface area contributed by atoms with Crippen molar-refractivity contribution < 1.29 is 5.11 Å². The summed E-state index contributed by atoms with van der Waals surface area (Å²) >= 11 is 0. The van der Waals surface area contributed by atoms with Gasteiger partial charge in [-0.05, 0) is 239 Å². The zero-order chi connectivity index (χ0) is 78.2. The first kappa shape index (κ1) is 108. The first-order valence-corrected chi connectivity index (χ1v) is 38.7. The SMILES string of the molecule is CC(C)CCN(Cc1ccccc1)CC(C)C.CC(C)CCNCC(C)C.CC(C)N=CN(C(C)C)C(C)C.CC(C)N=CN(CC#N)C(C)C.CC(C)N=CN(CCN)C(C)C.CC(C)N=CN(CCO)C(C)C.CCN(C=NC(C)C)C(C)C.[C-]#[N+]CN(CCC(C)C)CC(C)C. The predicted molar refractivity (Wildman–Crippen MR) is 446 cm³/mol. The van der Waals surface area contributed by atoms with Crippen molar-refractivity contribution in [2.75, 3.05) is 85.3 Å². The summed E-state index contributed by atoms with van der Waals surface area (Å²) in [5, 5.41) is 20.7. The van der Waals surface area contributed by atoms with Crippen LogP contribution in [0.15, 0.2) is 55.3 Å². The monoisotopic (exact) mass is 1400 g/mol. The molecule has 0 aliphatic rings. The summed E-state index contributed by atoms with van der Waals surface area (Å²) in [5.74, 6) is 4.55. The van der Waals surface area contributed by atoms with E-state index >= 15 is 0 Å². The number of hydrogen-bond donors (Lipinski definition) is 3. The molecule has 17 nitrogen and oxygen atoms in total. The molecular weight excluding hydrogens is 1230 g/mol. The number of aliphatic hydroxyl groups is 1. The van der Waals surface area contributed by atoms with Crippen molar-refractivity contribution in [1.29, 1.82) is 5.26 Å². The highest BCUT2D eigenvalue weighted by atomic mass is 16.3. The Hall–Kier alpha value is -4.65. The molecular formula is C82H170N16O. The summed E-state index contributed by atoms with van der Waals surface area (Å²) < 4.78 is 0. The van der Waals surface area contributed by atoms with Crippen LogP contribution in [0.4, 0.5) is 0 Å². The zero-order valence-corrected chi connectivity index (χ0v) is 71.9. The van der Waals surface area contributed by atoms with Gasteiger partial charge in [0.2, 0.25) is 0 Å². The van der Waals surface area contributed by atoms with Crippen LogP contribution in [0.3, 0.4) is 0 Å². The molecule has 0 spiro atoms. The molecule has 0 unspecified atom stereocenters. The van der Waals surface area contributed by atoms with Crippen LogP contribution in [0.1, 0.15) is 267 Å². The van der Waals surface area contributed by atoms with E-state index in [-0.39, 0.29) is 6.61 Å². The molecule has 0 heterocycles. The number of hydrogen-bond acceptors (Lipinski definition) is 11. The second kappa shape index (κ2) is 71.7. The molecule has 0 aromatic heterocycles. The van der Waals surface area contributed by atoms with Gasteiger partial charge >= 0.3 is 0 Å². The van der Waals surface area contributed by atoms with Gasteiger partial charge in [0.1, 0.15) is 6.54 Å². The van der Waals surface area contributed by atoms with E-state index in [0.29, 0.717) is 98.7 Å². The van der Waals surface area contributed by atoms with E-state index in [1.54, 1.807) is 6.34 Å². The quantitative estimate of drug-likeness (QED) is 0.0188. The molecule has 0 bridgehead atoms. The van der Waals surface area contributed by atoms with E-state index in [1.165, 1.54) is 44.5 Å². The lowest BCUT2D eigenvalue weighted by Crippen LogP contribution is -2.35. The fraction of sp³-hybridized carbons (Fsp3) is 0.841. The normalized spacial score (nSPS) is 11.7. The predicted octanol–water partition coefficient (Wildman–Crippen LogP) is 17.9. The molecule has 99 heavy (non-hydrogen) atoms. The lowest BCUT2D eigenvalue weighted by atomic mass is 10.1. The Morgan fingerprint density at radius 2 is 0.828 bits per heavy atom. The molecule has 0 atom stereocenters. The van der Waals surface area contributed by atoms with Gasteiger partial charge in [0.25, 0.3) is 6.67 Å². The Balaban J connectivity index is -0.000000196. The third kappa shape index (κ3) is 85.7. The molecule has 584 valence electrons. The largest absolute Gasteiger partial charge is 0.395 e. The minimum Gasteiger partial charge on any atom is -0.395 e. The van der Waals surface area contributed by atoms with Crippen molar-refractivity contribution >= 4 is 31.7 Å². The fourth-order valence-corrected chi connectivity index (χ4v) is 8.22. The first-order chi connectivity index (χ1) is 46.0. The van der Waals surface area contributed by atoms with Crippen LogP contribution in [-0.2, 0) is 6.54 Å². The van der Waals surface area contributed by atoms with Crippen LogP contribution in [0.2, 0.25) is 0 Å². The highest BCUT2D eigenvalue weighted by Gasteiger charge is 2.12. The van der Waals surface area contributed by atoms with E-state index in [4.69, 9.17) is 22.7 Å². The van der Waals surface area contributed by atoms with Gasteiger partial charge in [-0.25, -0.2) is 11.5 Å². The van der Waals surface area contributed by atoms with E-state index in [0.717, 1.165) is 68.9 Å². The van der Waals surface area contributed by atoms with Gasteiger partial charge in [0.15, 0.2) is 0 Å². The molecule has 1 aromatic rings. The summed E-state index contributed by atoms with van der Waals surface area (Å²) in [6, 6.07) is 17.5. The molecule has 17 heteroatoms. The smallest absolute Gasteiger partial charge is 0.270 e. The van der Waals surface area contributed by atoms with Gasteiger partial charge in [-0.15, -0.1) is 0 Å². The molecule has 0 saturated heterocycles. The van der Waals surface area contributed by atoms with Crippen LogP contribution in [0.5, 0.6) is 0 Å². The van der Waals surface area contributed by atoms with E-state index < -0.39 is 0 Å². The van der Waals surface area contributed by atoms with Gasteiger partial charge < -0.3 is 40.7 Å². The van der Waals surface area contributed by atoms with Crippen molar-refractivity contribution in [3.63, 3.8) is 0 Å². The molecule has 0 saturated carbocycles. The van der Waals surface area contributed by atoms with Crippen LogP contribution in [-0.4, -0.2) is 223 Å². The molecule has 0 fully saturated rings. The molecule has 1 aromatic carbocycles. The Kier molecular flexibility index (Phi) is 78.1. The first-order valence-electron chi connectivity index (χ1n) is 38.7. The standard InChI is InChI=1S/C16H27N.C11H22N2.C10H22N2.C9H21N3.C9H17N3.C9H20N2O.C9H20N2.C9H21N/c1-14(2)10-11-17(12-15(3)4)13-16-8-6-5-7-9-16;1-10(2)6-7-13(9-12-5)8-11(3)4;1-8(2)11-7-12(9(3)4)10(5)6;2*1-8(2)11-7-12(6-5-10)9(3)4;1-8(2)10-7-11(5-6-12)9(3)4;1-6-11(9(4)5)7-10-8(2)3;1-8(2)5-6-10-7-9(3)4/h5-9,14-15H,10-13H2,1-4H3;10-11H,6-9H2,1-4H3;7-10H,1-6H3;7-9H,5-6,10H2,1-4H3;7-9H,6H2,1-4H3;7-9,12H,5-6H2,1-4H3;7-9H,6H2,1-5H3;8-10H,5-7H2,1-4H3. The van der Waals surface area contributed by atoms with Crippen molar-refractivity contribution in [3.05, 3.63) is 47.3 Å². The topological polar surface area (TPSA) is 171 Å². The van der Waals surface area contributed by atoms with E-state index in [1.807, 2.05) is 76.7 Å². The zero-order valence-electron chi connectivity index (χ0n) is 71.9. The van der Waals surface area contributed by atoms with Crippen molar-refractivity contribution in [1.82, 2.24) is 39.6 Å². The summed E-state index contributed by atoms with van der Waals surface area (Å²) in [4.78, 5) is 40.3. The Labute approximate surface area is 618 Å². The summed E-state index contributed by atoms with van der Waals surface area (Å²) in [5.41, 5.74) is 6.90. The number of nitriles is 1. The lowest BCUT2D eigenvalue weighted by molar-refractivity contribution is 0.223. The van der Waals surface area contributed by atoms with Crippen LogP contribution < -0.4 is 11.1 Å². The van der Waals surface area contributed by atoms with E-state index in [2.05, 4.69) is 297 Å². The summed E-state index contributed by atoms with van der Waals surface area (Å²) in [6.07, 6.45) is 13.2. The number of nitrogens with two attached hydrogens (primary N) is 1. The third-order valence-corrected chi connectivity index (χ3v) is 14.0. The molecule has 1 rings (SSSR count). The Bertz CT molecular complexity index is 2010. The molecule has 4 N–H and O–H groups in total. The number of rotatable bonds is 40. The fourth-order valence-electron chi connectivity index (χ4n) is 8.22.